The Bertz CT molecular complexity index is 1340. The number of halogens is 1. The van der Waals surface area contributed by atoms with E-state index in [0.29, 0.717) is 22.6 Å². The van der Waals surface area contributed by atoms with Crippen molar-refractivity contribution < 1.29 is 33.4 Å². The highest BCUT2D eigenvalue weighted by Gasteiger charge is 2.34. The fourth-order valence-electron chi connectivity index (χ4n) is 3.53. The Hall–Kier alpha value is -4.66. The van der Waals surface area contributed by atoms with Gasteiger partial charge in [0.2, 0.25) is 0 Å². The third-order valence-electron chi connectivity index (χ3n) is 5.32. The number of ether oxygens (including phenoxy) is 2. The van der Waals surface area contributed by atoms with Crippen molar-refractivity contribution in [3.05, 3.63) is 100 Å². The van der Waals surface area contributed by atoms with Crippen LogP contribution < -0.4 is 14.8 Å². The number of amides is 3. The molecule has 1 saturated heterocycles. The summed E-state index contributed by atoms with van der Waals surface area (Å²) in [6.07, 6.45) is 1.49. The third kappa shape index (κ3) is 5.30. The second-order valence-electron chi connectivity index (χ2n) is 7.68. The van der Waals surface area contributed by atoms with E-state index in [4.69, 9.17) is 14.6 Å². The predicted molar refractivity (Wildman–Crippen MR) is 124 cm³/mol. The molecule has 8 nitrogen and oxygen atoms in total. The number of benzene rings is 3. The summed E-state index contributed by atoms with van der Waals surface area (Å²) >= 11 is 0. The minimum atomic E-state index is -1.03. The van der Waals surface area contributed by atoms with Crippen LogP contribution in [-0.4, -0.2) is 35.0 Å². The van der Waals surface area contributed by atoms with Crippen molar-refractivity contribution in [3.8, 4) is 11.5 Å². The van der Waals surface area contributed by atoms with Crippen LogP contribution in [0.5, 0.6) is 11.5 Å². The number of carbonyl (C=O) groups is 3. The van der Waals surface area contributed by atoms with Gasteiger partial charge in [0, 0.05) is 5.56 Å². The van der Waals surface area contributed by atoms with Gasteiger partial charge in [-0.25, -0.2) is 14.0 Å². The van der Waals surface area contributed by atoms with Crippen LogP contribution in [0.1, 0.15) is 27.0 Å². The molecule has 2 N–H and O–H groups in total. The molecule has 0 bridgehead atoms. The minimum absolute atomic E-state index is 0.0487. The molecule has 0 aliphatic carbocycles. The zero-order valence-electron chi connectivity index (χ0n) is 18.7. The van der Waals surface area contributed by atoms with Crippen LogP contribution in [0.2, 0.25) is 0 Å². The summed E-state index contributed by atoms with van der Waals surface area (Å²) in [5.74, 6) is -1.30. The lowest BCUT2D eigenvalue weighted by Crippen LogP contribution is -2.30. The van der Waals surface area contributed by atoms with Gasteiger partial charge in [-0.05, 0) is 47.5 Å². The van der Waals surface area contributed by atoms with E-state index in [1.807, 2.05) is 0 Å². The van der Waals surface area contributed by atoms with E-state index in [0.717, 1.165) is 4.90 Å². The molecular formula is C26H21FN2O6. The zero-order valence-corrected chi connectivity index (χ0v) is 18.7. The summed E-state index contributed by atoms with van der Waals surface area (Å²) in [6.45, 7) is -0.0642. The van der Waals surface area contributed by atoms with Crippen molar-refractivity contribution in [2.24, 2.45) is 0 Å². The molecule has 0 saturated carbocycles. The van der Waals surface area contributed by atoms with Crippen LogP contribution in [0.15, 0.2) is 72.4 Å². The van der Waals surface area contributed by atoms with Crippen LogP contribution in [0.3, 0.4) is 0 Å². The number of nitrogens with zero attached hydrogens (tertiary/aromatic N) is 1. The quantitative estimate of drug-likeness (QED) is 0.373. The highest BCUT2D eigenvalue weighted by atomic mass is 19.1. The topological polar surface area (TPSA) is 105 Å². The van der Waals surface area contributed by atoms with Crippen molar-refractivity contribution in [2.45, 2.75) is 13.2 Å². The molecule has 0 radical (unpaired) electrons. The van der Waals surface area contributed by atoms with Gasteiger partial charge >= 0.3 is 12.0 Å². The van der Waals surface area contributed by atoms with Crippen LogP contribution in [0.4, 0.5) is 9.18 Å². The molecule has 0 spiro atoms. The maximum Gasteiger partial charge on any atom is 0.335 e. The normalized spacial score (nSPS) is 14.2. The van der Waals surface area contributed by atoms with Crippen molar-refractivity contribution in [1.29, 1.82) is 0 Å². The van der Waals surface area contributed by atoms with Gasteiger partial charge in [-0.3, -0.25) is 9.69 Å². The van der Waals surface area contributed by atoms with Crippen molar-refractivity contribution in [2.75, 3.05) is 7.11 Å². The summed E-state index contributed by atoms with van der Waals surface area (Å²) in [6, 6.07) is 16.7. The lowest BCUT2D eigenvalue weighted by molar-refractivity contribution is -0.123. The average molecular weight is 476 g/mol. The Morgan fingerprint density at radius 2 is 1.86 bits per heavy atom. The van der Waals surface area contributed by atoms with Gasteiger partial charge in [0.1, 0.15) is 18.1 Å². The molecule has 0 atom stereocenters. The molecule has 3 aromatic carbocycles. The monoisotopic (exact) mass is 476 g/mol. The van der Waals surface area contributed by atoms with E-state index in [1.165, 1.54) is 43.5 Å². The summed E-state index contributed by atoms with van der Waals surface area (Å²) in [4.78, 5) is 37.1. The highest BCUT2D eigenvalue weighted by molar-refractivity contribution is 6.13. The Morgan fingerprint density at radius 3 is 2.60 bits per heavy atom. The smallest absolute Gasteiger partial charge is 0.335 e. The van der Waals surface area contributed by atoms with Gasteiger partial charge in [-0.1, -0.05) is 36.4 Å². The second kappa shape index (κ2) is 10.1. The number of urea groups is 1. The van der Waals surface area contributed by atoms with Crippen LogP contribution in [-0.2, 0) is 17.9 Å². The standard InChI is InChI=1S/C26H21FN2O6/c1-34-23-13-16(9-10-22(23)35-15-17-5-4-7-18(11-17)25(31)32)12-21-24(30)29(26(33)28-21)14-19-6-2-3-8-20(19)27/h2-13H,14-15H2,1H3,(H,28,33)(H,31,32)/b21-12+. The number of nitrogens with one attached hydrogen (secondary N) is 1. The summed E-state index contributed by atoms with van der Waals surface area (Å²) in [7, 11) is 1.46. The van der Waals surface area contributed by atoms with E-state index >= 15 is 0 Å². The lowest BCUT2D eigenvalue weighted by atomic mass is 10.1. The first-order chi connectivity index (χ1) is 16.9. The molecule has 1 aliphatic rings. The first-order valence-electron chi connectivity index (χ1n) is 10.6. The van der Waals surface area contributed by atoms with E-state index in [-0.39, 0.29) is 30.0 Å². The van der Waals surface area contributed by atoms with Crippen LogP contribution >= 0.6 is 0 Å². The minimum Gasteiger partial charge on any atom is -0.493 e. The Balaban J connectivity index is 1.49. The average Bonchev–Trinajstić information content (AvgIpc) is 3.11. The van der Waals surface area contributed by atoms with Crippen molar-refractivity contribution in [3.63, 3.8) is 0 Å². The van der Waals surface area contributed by atoms with Crippen LogP contribution in [0.25, 0.3) is 6.08 Å². The highest BCUT2D eigenvalue weighted by Crippen LogP contribution is 2.30. The maximum atomic E-state index is 14.0. The maximum absolute atomic E-state index is 14.0. The Morgan fingerprint density at radius 1 is 1.06 bits per heavy atom. The molecular weight excluding hydrogens is 455 g/mol. The van der Waals surface area contributed by atoms with E-state index < -0.39 is 23.7 Å². The largest absolute Gasteiger partial charge is 0.493 e. The number of hydrogen-bond acceptors (Lipinski definition) is 5. The van der Waals surface area contributed by atoms with Gasteiger partial charge in [-0.15, -0.1) is 0 Å². The third-order valence-corrected chi connectivity index (χ3v) is 5.32. The molecule has 3 amide bonds. The van der Waals surface area contributed by atoms with E-state index in [9.17, 15) is 18.8 Å². The molecule has 35 heavy (non-hydrogen) atoms. The first-order valence-corrected chi connectivity index (χ1v) is 10.6. The number of carboxylic acid groups (broad SMARTS) is 1. The number of hydrogen-bond donors (Lipinski definition) is 2. The van der Waals surface area contributed by atoms with E-state index in [1.54, 1.807) is 36.4 Å². The summed E-state index contributed by atoms with van der Waals surface area (Å²) < 4.78 is 25.1. The number of carboxylic acids is 1. The van der Waals surface area contributed by atoms with Crippen LogP contribution in [0, 0.1) is 5.82 Å². The molecule has 4 rings (SSSR count). The van der Waals surface area contributed by atoms with Gasteiger partial charge in [0.05, 0.1) is 19.2 Å². The molecule has 1 fully saturated rings. The Labute approximate surface area is 200 Å². The fraction of sp³-hybridized carbons (Fsp3) is 0.115. The van der Waals surface area contributed by atoms with Gasteiger partial charge in [0.15, 0.2) is 11.5 Å². The number of imide groups is 1. The molecule has 1 heterocycles. The SMILES string of the molecule is COc1cc(/C=C2/NC(=O)N(Cc3ccccc3F)C2=O)ccc1OCc1cccc(C(=O)O)c1. The molecule has 178 valence electrons. The number of carbonyl (C=O) groups excluding carboxylic acids is 2. The van der Waals surface area contributed by atoms with Crippen molar-refractivity contribution >= 4 is 24.0 Å². The summed E-state index contributed by atoms with van der Waals surface area (Å²) in [5.41, 5.74) is 1.68. The predicted octanol–water partition coefficient (Wildman–Crippen LogP) is 4.20. The number of methoxy groups -OCH3 is 1. The molecule has 9 heteroatoms. The zero-order chi connectivity index (χ0) is 24.9. The Kier molecular flexibility index (Phi) is 6.77. The van der Waals surface area contributed by atoms with Gasteiger partial charge in [-0.2, -0.15) is 0 Å². The number of aromatic carboxylic acids is 1. The van der Waals surface area contributed by atoms with Gasteiger partial charge < -0.3 is 19.9 Å². The lowest BCUT2D eigenvalue weighted by Gasteiger charge is -2.12. The number of rotatable bonds is 8. The van der Waals surface area contributed by atoms with E-state index in [2.05, 4.69) is 5.32 Å². The molecule has 0 unspecified atom stereocenters. The second-order valence-corrected chi connectivity index (χ2v) is 7.68. The molecule has 1 aliphatic heterocycles. The first kappa shape index (κ1) is 23.5. The molecule has 0 aromatic heterocycles. The molecule has 3 aromatic rings. The van der Waals surface area contributed by atoms with Gasteiger partial charge in [0.25, 0.3) is 5.91 Å². The fourth-order valence-corrected chi connectivity index (χ4v) is 3.53. The summed E-state index contributed by atoms with van der Waals surface area (Å²) in [5, 5.41) is 11.6. The van der Waals surface area contributed by atoms with Crippen molar-refractivity contribution in [1.82, 2.24) is 10.2 Å².